The van der Waals surface area contributed by atoms with E-state index in [1.54, 1.807) is 18.4 Å². The Bertz CT molecular complexity index is 225. The van der Waals surface area contributed by atoms with Gasteiger partial charge in [-0.3, -0.25) is 0 Å². The Morgan fingerprint density at radius 3 is 3.10 bits per heavy atom. The second kappa shape index (κ2) is 2.10. The molecule has 0 unspecified atom stereocenters. The number of hydrogen-bond acceptors (Lipinski definition) is 3. The smallest absolute Gasteiger partial charge is 0.231 e. The molecule has 3 heteroatoms. The normalized spacial score (nSPS) is 20.8. The van der Waals surface area contributed by atoms with Crippen LogP contribution in [-0.2, 0) is 14.2 Å². The molecule has 0 aromatic rings. The molecule has 2 rings (SSSR count). The molecule has 10 heavy (non-hydrogen) atoms. The zero-order valence-electron chi connectivity index (χ0n) is 5.24. The third-order valence-corrected chi connectivity index (χ3v) is 1.25. The van der Waals surface area contributed by atoms with Crippen LogP contribution in [0, 0.1) is 0 Å². The summed E-state index contributed by atoms with van der Waals surface area (Å²) in [6.07, 6.45) is 6.63. The van der Waals surface area contributed by atoms with Gasteiger partial charge in [0.05, 0.1) is 6.26 Å². The molecule has 0 amide bonds. The maximum Gasteiger partial charge on any atom is 0.231 e. The minimum Gasteiger partial charge on any atom is -0.469 e. The monoisotopic (exact) mass is 138 g/mol. The molecule has 0 atom stereocenters. The SMILES string of the molecule is C1=COC=C2OCOC2=C1. The van der Waals surface area contributed by atoms with Crippen molar-refractivity contribution in [3.05, 3.63) is 36.2 Å². The van der Waals surface area contributed by atoms with Crippen molar-refractivity contribution < 1.29 is 14.2 Å². The van der Waals surface area contributed by atoms with Gasteiger partial charge in [0, 0.05) is 0 Å². The Morgan fingerprint density at radius 1 is 1.20 bits per heavy atom. The Kier molecular flexibility index (Phi) is 1.13. The predicted molar refractivity (Wildman–Crippen MR) is 33.4 cm³/mol. The van der Waals surface area contributed by atoms with Gasteiger partial charge < -0.3 is 14.2 Å². The summed E-state index contributed by atoms with van der Waals surface area (Å²) in [5.74, 6) is 1.39. The largest absolute Gasteiger partial charge is 0.469 e. The molecule has 0 bridgehead atoms. The fourth-order valence-corrected chi connectivity index (χ4v) is 0.794. The summed E-state index contributed by atoms with van der Waals surface area (Å²) in [6.45, 7) is 0.287. The van der Waals surface area contributed by atoms with Crippen LogP contribution in [0.15, 0.2) is 36.2 Å². The Balaban J connectivity index is 2.34. The Labute approximate surface area is 58.2 Å². The summed E-state index contributed by atoms with van der Waals surface area (Å²) in [7, 11) is 0. The lowest BCUT2D eigenvalue weighted by molar-refractivity contribution is 0.0953. The van der Waals surface area contributed by atoms with E-state index in [-0.39, 0.29) is 6.79 Å². The molecule has 0 aromatic heterocycles. The van der Waals surface area contributed by atoms with Gasteiger partial charge in [0.2, 0.25) is 12.6 Å². The molecule has 1 saturated heterocycles. The fourth-order valence-electron chi connectivity index (χ4n) is 0.794. The molecule has 1 fully saturated rings. The van der Waals surface area contributed by atoms with Crippen LogP contribution in [-0.4, -0.2) is 6.79 Å². The van der Waals surface area contributed by atoms with Crippen LogP contribution < -0.4 is 0 Å². The Morgan fingerprint density at radius 2 is 2.10 bits per heavy atom. The first-order valence-corrected chi connectivity index (χ1v) is 2.95. The molecule has 2 aliphatic rings. The standard InChI is InChI=1S/C7H6O3/c1-2-6-7(4-8-3-1)10-5-9-6/h1-4H,5H2. The molecule has 0 aromatic carbocycles. The molecule has 52 valence electrons. The second-order valence-corrected chi connectivity index (χ2v) is 1.88. The van der Waals surface area contributed by atoms with Gasteiger partial charge >= 0.3 is 0 Å². The topological polar surface area (TPSA) is 27.7 Å². The summed E-state index contributed by atoms with van der Waals surface area (Å²) >= 11 is 0. The number of fused-ring (bicyclic) bond motifs is 1. The van der Waals surface area contributed by atoms with Crippen LogP contribution in [0.4, 0.5) is 0 Å². The van der Waals surface area contributed by atoms with Crippen molar-refractivity contribution in [1.29, 1.82) is 0 Å². The zero-order valence-corrected chi connectivity index (χ0v) is 5.24. The minimum atomic E-state index is 0.287. The van der Waals surface area contributed by atoms with Crippen LogP contribution in [0.5, 0.6) is 0 Å². The van der Waals surface area contributed by atoms with Crippen LogP contribution >= 0.6 is 0 Å². The van der Waals surface area contributed by atoms with Crippen molar-refractivity contribution >= 4 is 0 Å². The molecule has 0 saturated carbocycles. The molecule has 0 N–H and O–H groups in total. The van der Waals surface area contributed by atoms with E-state index in [4.69, 9.17) is 14.2 Å². The maximum atomic E-state index is 5.08. The fraction of sp³-hybridized carbons (Fsp3) is 0.143. The van der Waals surface area contributed by atoms with Gasteiger partial charge in [0.15, 0.2) is 5.76 Å². The van der Waals surface area contributed by atoms with Gasteiger partial charge in [0.1, 0.15) is 6.26 Å². The molecular formula is C7H6O3. The second-order valence-electron chi connectivity index (χ2n) is 1.88. The minimum absolute atomic E-state index is 0.287. The van der Waals surface area contributed by atoms with E-state index in [1.807, 2.05) is 0 Å². The summed E-state index contributed by atoms with van der Waals surface area (Å²) in [4.78, 5) is 0. The lowest BCUT2D eigenvalue weighted by Gasteiger charge is -1.91. The molecule has 0 radical (unpaired) electrons. The van der Waals surface area contributed by atoms with Crippen molar-refractivity contribution in [3.8, 4) is 0 Å². The third kappa shape index (κ3) is 0.757. The van der Waals surface area contributed by atoms with Crippen LogP contribution in [0.3, 0.4) is 0 Å². The third-order valence-electron chi connectivity index (χ3n) is 1.25. The molecule has 2 aliphatic heterocycles. The first-order valence-electron chi connectivity index (χ1n) is 2.95. The highest BCUT2D eigenvalue weighted by molar-refractivity contribution is 5.26. The van der Waals surface area contributed by atoms with E-state index in [2.05, 4.69) is 0 Å². The van der Waals surface area contributed by atoms with Gasteiger partial charge in [-0.05, 0) is 12.2 Å². The summed E-state index contributed by atoms with van der Waals surface area (Å²) in [5, 5.41) is 0. The van der Waals surface area contributed by atoms with E-state index in [9.17, 15) is 0 Å². The van der Waals surface area contributed by atoms with Gasteiger partial charge in [0.25, 0.3) is 0 Å². The van der Waals surface area contributed by atoms with Gasteiger partial charge in [-0.25, -0.2) is 0 Å². The lowest BCUT2D eigenvalue weighted by atomic mass is 10.4. The van der Waals surface area contributed by atoms with Crippen molar-refractivity contribution in [2.24, 2.45) is 0 Å². The van der Waals surface area contributed by atoms with Crippen molar-refractivity contribution in [1.82, 2.24) is 0 Å². The quantitative estimate of drug-likeness (QED) is 0.504. The summed E-state index contributed by atoms with van der Waals surface area (Å²) < 4.78 is 15.0. The molecule has 3 nitrogen and oxygen atoms in total. The maximum absolute atomic E-state index is 5.08. The predicted octanol–water partition coefficient (Wildman–Crippen LogP) is 1.26. The van der Waals surface area contributed by atoms with Crippen molar-refractivity contribution in [2.45, 2.75) is 0 Å². The van der Waals surface area contributed by atoms with E-state index in [0.29, 0.717) is 5.76 Å². The zero-order chi connectivity index (χ0) is 6.81. The average Bonchev–Trinajstić information content (AvgIpc) is 2.28. The van der Waals surface area contributed by atoms with Gasteiger partial charge in [-0.1, -0.05) is 0 Å². The van der Waals surface area contributed by atoms with Crippen molar-refractivity contribution in [2.75, 3.05) is 6.79 Å². The van der Waals surface area contributed by atoms with Crippen LogP contribution in [0.25, 0.3) is 0 Å². The molecule has 0 aliphatic carbocycles. The molecular weight excluding hydrogens is 132 g/mol. The van der Waals surface area contributed by atoms with E-state index in [0.717, 1.165) is 5.76 Å². The first-order chi connectivity index (χ1) is 4.97. The highest BCUT2D eigenvalue weighted by atomic mass is 16.7. The average molecular weight is 138 g/mol. The van der Waals surface area contributed by atoms with Crippen LogP contribution in [0.1, 0.15) is 0 Å². The number of rotatable bonds is 0. The Hall–Kier alpha value is -1.38. The number of allylic oxidation sites excluding steroid dienone is 2. The van der Waals surface area contributed by atoms with Crippen molar-refractivity contribution in [3.63, 3.8) is 0 Å². The van der Waals surface area contributed by atoms with E-state index < -0.39 is 0 Å². The summed E-state index contributed by atoms with van der Waals surface area (Å²) in [5.41, 5.74) is 0. The lowest BCUT2D eigenvalue weighted by Crippen LogP contribution is -1.79. The highest BCUT2D eigenvalue weighted by Crippen LogP contribution is 2.22. The molecule has 0 spiro atoms. The first kappa shape index (κ1) is 5.41. The number of ether oxygens (including phenoxy) is 3. The van der Waals surface area contributed by atoms with E-state index >= 15 is 0 Å². The van der Waals surface area contributed by atoms with Gasteiger partial charge in [-0.15, -0.1) is 0 Å². The number of hydrogen-bond donors (Lipinski definition) is 0. The summed E-state index contributed by atoms with van der Waals surface area (Å²) in [6, 6.07) is 0. The van der Waals surface area contributed by atoms with E-state index in [1.165, 1.54) is 6.26 Å². The molecule has 2 heterocycles. The highest BCUT2D eigenvalue weighted by Gasteiger charge is 2.16. The van der Waals surface area contributed by atoms with Crippen LogP contribution in [0.2, 0.25) is 0 Å². The van der Waals surface area contributed by atoms with Gasteiger partial charge in [-0.2, -0.15) is 0 Å².